The lowest BCUT2D eigenvalue weighted by molar-refractivity contribution is -0.274. The second-order valence-electron chi connectivity index (χ2n) is 9.90. The van der Waals surface area contributed by atoms with Gasteiger partial charge in [0.1, 0.15) is 5.75 Å². The number of nitrogens with zero attached hydrogens (tertiary/aromatic N) is 5. The van der Waals surface area contributed by atoms with Crippen LogP contribution in [0.5, 0.6) is 5.75 Å². The van der Waals surface area contributed by atoms with Gasteiger partial charge in [0.15, 0.2) is 5.17 Å². The SMILES string of the molecule is CCCc1cccc(CCC)c1N1C(=O)CS/C1=N\N=C\c1ccc(-c2cn(-c3ccc(OC(F)(F)F)cc3)cn2)cc1. The molecule has 1 aromatic heterocycles. The molecule has 5 rings (SSSR count). The number of alkyl halides is 3. The number of carbonyl (C=O) groups is 1. The molecule has 1 aliphatic rings. The molecule has 1 aliphatic heterocycles. The Kier molecular flexibility index (Phi) is 9.30. The van der Waals surface area contributed by atoms with Crippen LogP contribution in [-0.4, -0.2) is 39.0 Å². The molecule has 11 heteroatoms. The summed E-state index contributed by atoms with van der Waals surface area (Å²) in [6, 6.07) is 19.4. The molecule has 0 atom stereocenters. The topological polar surface area (TPSA) is 72.1 Å². The first kappa shape index (κ1) is 30.1. The summed E-state index contributed by atoms with van der Waals surface area (Å²) in [5.41, 5.74) is 6.27. The molecule has 4 aromatic rings. The standard InChI is InChI=1S/C32H30F3N5O2S/c1-3-6-24-8-5-9-25(7-4-2)30(24)40-29(41)20-43-31(40)38-37-18-22-10-12-23(13-11-22)28-19-39(21-36-28)26-14-16-27(17-15-26)42-32(33,34)35/h5,8-19,21H,3-4,6-7,20H2,1-2H3/b37-18+,38-31-. The fourth-order valence-corrected chi connectivity index (χ4v) is 5.66. The van der Waals surface area contributed by atoms with E-state index in [-0.39, 0.29) is 11.7 Å². The number of carbonyl (C=O) groups excluding carboxylic acids is 1. The highest BCUT2D eigenvalue weighted by atomic mass is 32.2. The zero-order valence-electron chi connectivity index (χ0n) is 23.7. The van der Waals surface area contributed by atoms with Crippen molar-refractivity contribution in [2.75, 3.05) is 10.7 Å². The fourth-order valence-electron chi connectivity index (χ4n) is 4.85. The van der Waals surface area contributed by atoms with E-state index in [1.165, 1.54) is 36.0 Å². The van der Waals surface area contributed by atoms with Gasteiger partial charge in [-0.1, -0.05) is 80.9 Å². The van der Waals surface area contributed by atoms with Crippen molar-refractivity contribution >= 4 is 34.7 Å². The molecule has 0 saturated carbocycles. The number of imidazole rings is 1. The van der Waals surface area contributed by atoms with Gasteiger partial charge < -0.3 is 9.30 Å². The molecule has 43 heavy (non-hydrogen) atoms. The summed E-state index contributed by atoms with van der Waals surface area (Å²) in [5, 5.41) is 9.32. The second-order valence-corrected chi connectivity index (χ2v) is 10.8. The Labute approximate surface area is 252 Å². The highest BCUT2D eigenvalue weighted by Gasteiger charge is 2.33. The number of thioether (sulfide) groups is 1. The van der Waals surface area contributed by atoms with Crippen LogP contribution in [0.2, 0.25) is 0 Å². The molecule has 0 spiro atoms. The van der Waals surface area contributed by atoms with Crippen LogP contribution in [0.1, 0.15) is 43.4 Å². The van der Waals surface area contributed by atoms with Crippen LogP contribution in [0.25, 0.3) is 16.9 Å². The number of amidine groups is 1. The molecule has 3 aromatic carbocycles. The zero-order chi connectivity index (χ0) is 30.4. The number of aryl methyl sites for hydroxylation is 2. The van der Waals surface area contributed by atoms with Crippen LogP contribution in [-0.2, 0) is 17.6 Å². The third-order valence-corrected chi connectivity index (χ3v) is 7.65. The molecular formula is C32H30F3N5O2S. The van der Waals surface area contributed by atoms with Crippen molar-refractivity contribution < 1.29 is 22.7 Å². The van der Waals surface area contributed by atoms with Gasteiger partial charge in [-0.2, -0.15) is 5.10 Å². The summed E-state index contributed by atoms with van der Waals surface area (Å²) in [5.74, 6) is 0.0503. The molecule has 222 valence electrons. The number of benzene rings is 3. The van der Waals surface area contributed by atoms with Crippen molar-refractivity contribution in [3.8, 4) is 22.7 Å². The lowest BCUT2D eigenvalue weighted by Gasteiger charge is -2.23. The number of halogens is 3. The van der Waals surface area contributed by atoms with Crippen molar-refractivity contribution in [3.63, 3.8) is 0 Å². The molecule has 1 amide bonds. The van der Waals surface area contributed by atoms with Crippen LogP contribution in [0.15, 0.2) is 89.5 Å². The summed E-state index contributed by atoms with van der Waals surface area (Å²) in [6.45, 7) is 4.26. The summed E-state index contributed by atoms with van der Waals surface area (Å²) in [4.78, 5) is 19.1. The monoisotopic (exact) mass is 605 g/mol. The van der Waals surface area contributed by atoms with Gasteiger partial charge in [-0.25, -0.2) is 4.98 Å². The molecule has 0 N–H and O–H groups in total. The first-order valence-corrected chi connectivity index (χ1v) is 14.9. The quantitative estimate of drug-likeness (QED) is 0.137. The Bertz CT molecular complexity index is 1610. The van der Waals surface area contributed by atoms with Crippen molar-refractivity contribution in [1.82, 2.24) is 9.55 Å². The number of aromatic nitrogens is 2. The molecule has 1 saturated heterocycles. The molecular weight excluding hydrogens is 575 g/mol. The van der Waals surface area contributed by atoms with Crippen LogP contribution >= 0.6 is 11.8 Å². The Hall–Kier alpha value is -4.38. The maximum atomic E-state index is 13.0. The normalized spacial score (nSPS) is 14.8. The van der Waals surface area contributed by atoms with Gasteiger partial charge in [0, 0.05) is 17.4 Å². The number of hydrogen-bond acceptors (Lipinski definition) is 6. The Morgan fingerprint density at radius 1 is 0.977 bits per heavy atom. The maximum Gasteiger partial charge on any atom is 0.573 e. The van der Waals surface area contributed by atoms with Crippen molar-refractivity contribution in [3.05, 3.63) is 95.9 Å². The van der Waals surface area contributed by atoms with E-state index in [2.05, 4.69) is 52.0 Å². The number of anilines is 1. The zero-order valence-corrected chi connectivity index (χ0v) is 24.5. The van der Waals surface area contributed by atoms with E-state index in [0.717, 1.165) is 53.6 Å². The molecule has 1 fully saturated rings. The van der Waals surface area contributed by atoms with Crippen LogP contribution in [0.3, 0.4) is 0 Å². The van der Waals surface area contributed by atoms with Crippen LogP contribution < -0.4 is 9.64 Å². The highest BCUT2D eigenvalue weighted by molar-refractivity contribution is 8.15. The van der Waals surface area contributed by atoms with Gasteiger partial charge in [-0.05, 0) is 53.8 Å². The third-order valence-electron chi connectivity index (χ3n) is 6.74. The van der Waals surface area contributed by atoms with E-state index in [0.29, 0.717) is 22.3 Å². The van der Waals surface area contributed by atoms with Gasteiger partial charge in [-0.3, -0.25) is 9.69 Å². The van der Waals surface area contributed by atoms with Crippen LogP contribution in [0, 0.1) is 0 Å². The van der Waals surface area contributed by atoms with E-state index >= 15 is 0 Å². The number of amides is 1. The number of ether oxygens (including phenoxy) is 1. The number of hydrogen-bond donors (Lipinski definition) is 0. The van der Waals surface area contributed by atoms with Gasteiger partial charge in [0.2, 0.25) is 5.91 Å². The van der Waals surface area contributed by atoms with Gasteiger partial charge in [-0.15, -0.1) is 18.3 Å². The number of para-hydroxylation sites is 1. The molecule has 2 heterocycles. The van der Waals surface area contributed by atoms with E-state index in [1.807, 2.05) is 24.3 Å². The van der Waals surface area contributed by atoms with Gasteiger partial charge in [0.05, 0.1) is 29.7 Å². The fraction of sp³-hybridized carbons (Fsp3) is 0.250. The molecule has 0 aliphatic carbocycles. The minimum atomic E-state index is -4.73. The van der Waals surface area contributed by atoms with E-state index in [9.17, 15) is 18.0 Å². The predicted octanol–water partition coefficient (Wildman–Crippen LogP) is 7.81. The van der Waals surface area contributed by atoms with Crippen LogP contribution in [0.4, 0.5) is 18.9 Å². The minimum Gasteiger partial charge on any atom is -0.406 e. The van der Waals surface area contributed by atoms with E-state index in [4.69, 9.17) is 0 Å². The first-order chi connectivity index (χ1) is 20.8. The average Bonchev–Trinajstić information content (AvgIpc) is 3.61. The summed E-state index contributed by atoms with van der Waals surface area (Å²) in [6.07, 6.45) is 4.02. The molecule has 7 nitrogen and oxygen atoms in total. The second kappa shape index (κ2) is 13.3. The summed E-state index contributed by atoms with van der Waals surface area (Å²) < 4.78 is 42.9. The number of rotatable bonds is 10. The largest absolute Gasteiger partial charge is 0.573 e. The molecule has 0 unspecified atom stereocenters. The predicted molar refractivity (Wildman–Crippen MR) is 165 cm³/mol. The van der Waals surface area contributed by atoms with E-state index in [1.54, 1.807) is 28.2 Å². The smallest absolute Gasteiger partial charge is 0.406 e. The van der Waals surface area contributed by atoms with Crippen molar-refractivity contribution in [2.45, 2.75) is 45.9 Å². The highest BCUT2D eigenvalue weighted by Crippen LogP contribution is 2.34. The first-order valence-electron chi connectivity index (χ1n) is 13.9. The Morgan fingerprint density at radius 2 is 1.65 bits per heavy atom. The third kappa shape index (κ3) is 7.34. The minimum absolute atomic E-state index is 0.00855. The van der Waals surface area contributed by atoms with Gasteiger partial charge >= 0.3 is 6.36 Å². The van der Waals surface area contributed by atoms with Crippen molar-refractivity contribution in [2.24, 2.45) is 10.2 Å². The van der Waals surface area contributed by atoms with Gasteiger partial charge in [0.25, 0.3) is 0 Å². The lowest BCUT2D eigenvalue weighted by atomic mass is 9.99. The maximum absolute atomic E-state index is 13.0. The Balaban J connectivity index is 1.30. The average molecular weight is 606 g/mol. The lowest BCUT2D eigenvalue weighted by Crippen LogP contribution is -2.31. The Morgan fingerprint density at radius 3 is 2.28 bits per heavy atom. The van der Waals surface area contributed by atoms with E-state index < -0.39 is 6.36 Å². The van der Waals surface area contributed by atoms with Crippen molar-refractivity contribution in [1.29, 1.82) is 0 Å². The molecule has 0 bridgehead atoms. The summed E-state index contributed by atoms with van der Waals surface area (Å²) >= 11 is 1.39. The molecule has 0 radical (unpaired) electrons. The summed E-state index contributed by atoms with van der Waals surface area (Å²) in [7, 11) is 0.